The Balaban J connectivity index is 2.23. The highest BCUT2D eigenvalue weighted by atomic mass is 32.1. The number of rotatable bonds is 2. The molecule has 0 radical (unpaired) electrons. The second-order valence-electron chi connectivity index (χ2n) is 4.10. The molecule has 13 heavy (non-hydrogen) atoms. The van der Waals surface area contributed by atoms with Crippen molar-refractivity contribution in [1.29, 1.82) is 0 Å². The smallest absolute Gasteiger partial charge is 0.0987 e. The molecular formula is C10H16N2S. The molecule has 0 aliphatic heterocycles. The van der Waals surface area contributed by atoms with E-state index in [9.17, 15) is 0 Å². The van der Waals surface area contributed by atoms with E-state index in [2.05, 4.69) is 11.9 Å². The van der Waals surface area contributed by atoms with E-state index in [1.54, 1.807) is 11.3 Å². The lowest BCUT2D eigenvalue weighted by Crippen LogP contribution is -2.15. The van der Waals surface area contributed by atoms with Crippen LogP contribution in [0.15, 0.2) is 6.20 Å². The fourth-order valence-corrected chi connectivity index (χ4v) is 3.04. The minimum absolute atomic E-state index is 0.359. The predicted octanol–water partition coefficient (Wildman–Crippen LogP) is 2.43. The molecular weight excluding hydrogens is 180 g/mol. The number of nitrogens with zero attached hydrogens (tertiary/aromatic N) is 1. The molecule has 0 saturated heterocycles. The van der Waals surface area contributed by atoms with Crippen LogP contribution in [0.1, 0.15) is 42.5 Å². The van der Waals surface area contributed by atoms with E-state index in [0.717, 1.165) is 0 Å². The molecule has 0 unspecified atom stereocenters. The van der Waals surface area contributed by atoms with Gasteiger partial charge < -0.3 is 5.73 Å². The number of hydrogen-bond donors (Lipinski definition) is 1. The van der Waals surface area contributed by atoms with E-state index in [1.165, 1.54) is 35.6 Å². The third-order valence-electron chi connectivity index (χ3n) is 2.98. The summed E-state index contributed by atoms with van der Waals surface area (Å²) >= 11 is 1.79. The Bertz CT molecular complexity index is 287. The van der Waals surface area contributed by atoms with Crippen LogP contribution in [0.2, 0.25) is 0 Å². The van der Waals surface area contributed by atoms with Gasteiger partial charge in [0.15, 0.2) is 0 Å². The van der Waals surface area contributed by atoms with Gasteiger partial charge in [-0.3, -0.25) is 0 Å². The van der Waals surface area contributed by atoms with Gasteiger partial charge in [0.1, 0.15) is 0 Å². The second-order valence-corrected chi connectivity index (χ2v) is 5.22. The maximum Gasteiger partial charge on any atom is 0.0987 e. The first kappa shape index (κ1) is 9.16. The van der Waals surface area contributed by atoms with Crippen molar-refractivity contribution in [2.45, 2.75) is 44.6 Å². The molecule has 1 aromatic heterocycles. The molecule has 0 amide bonds. The summed E-state index contributed by atoms with van der Waals surface area (Å²) in [6.45, 7) is 2.97. The number of aromatic nitrogens is 1. The number of nitrogens with two attached hydrogens (primary N) is 1. The van der Waals surface area contributed by atoms with Gasteiger partial charge in [-0.2, -0.15) is 0 Å². The van der Waals surface area contributed by atoms with Gasteiger partial charge in [-0.25, -0.2) is 4.98 Å². The quantitative estimate of drug-likeness (QED) is 0.789. The van der Waals surface area contributed by atoms with E-state index in [0.29, 0.717) is 12.0 Å². The zero-order valence-electron chi connectivity index (χ0n) is 8.05. The summed E-state index contributed by atoms with van der Waals surface area (Å²) < 4.78 is 0. The minimum atomic E-state index is 0.359. The molecule has 72 valence electrons. The van der Waals surface area contributed by atoms with Crippen molar-refractivity contribution in [3.8, 4) is 0 Å². The van der Waals surface area contributed by atoms with E-state index in [-0.39, 0.29) is 0 Å². The minimum Gasteiger partial charge on any atom is -0.326 e. The lowest BCUT2D eigenvalue weighted by molar-refractivity contribution is 0.488. The fraction of sp³-hybridized carbons (Fsp3) is 0.700. The van der Waals surface area contributed by atoms with E-state index < -0.39 is 0 Å². The molecule has 1 aliphatic rings. The van der Waals surface area contributed by atoms with Gasteiger partial charge in [0.2, 0.25) is 0 Å². The summed E-state index contributed by atoms with van der Waals surface area (Å²) in [5.41, 5.74) is 5.93. The molecule has 0 spiro atoms. The molecule has 0 aromatic carbocycles. The molecule has 2 N–H and O–H groups in total. The standard InChI is InChI=1S/C10H16N2S/c1-10(4-2-3-5-10)9-12-7-8(6-11)13-9/h7H,2-6,11H2,1H3. The highest BCUT2D eigenvalue weighted by molar-refractivity contribution is 7.11. The van der Waals surface area contributed by atoms with Crippen molar-refractivity contribution in [1.82, 2.24) is 4.98 Å². The van der Waals surface area contributed by atoms with Gasteiger partial charge in [-0.1, -0.05) is 19.8 Å². The Morgan fingerprint density at radius 3 is 2.77 bits per heavy atom. The molecule has 3 heteroatoms. The average Bonchev–Trinajstić information content (AvgIpc) is 2.72. The lowest BCUT2D eigenvalue weighted by atomic mass is 9.90. The largest absolute Gasteiger partial charge is 0.326 e. The lowest BCUT2D eigenvalue weighted by Gasteiger charge is -2.19. The third kappa shape index (κ3) is 1.63. The van der Waals surface area contributed by atoms with Crippen molar-refractivity contribution >= 4 is 11.3 Å². The Kier molecular flexibility index (Phi) is 2.39. The van der Waals surface area contributed by atoms with Gasteiger partial charge in [0.25, 0.3) is 0 Å². The van der Waals surface area contributed by atoms with Crippen molar-refractivity contribution in [2.75, 3.05) is 0 Å². The predicted molar refractivity (Wildman–Crippen MR) is 55.8 cm³/mol. The Labute approximate surface area is 83.2 Å². The Morgan fingerprint density at radius 2 is 2.23 bits per heavy atom. The number of thiazole rings is 1. The zero-order chi connectivity index (χ0) is 9.31. The maximum absolute atomic E-state index is 5.58. The first-order valence-electron chi connectivity index (χ1n) is 4.90. The van der Waals surface area contributed by atoms with Crippen LogP contribution in [0.25, 0.3) is 0 Å². The Hall–Kier alpha value is -0.410. The van der Waals surface area contributed by atoms with Crippen LogP contribution in [-0.4, -0.2) is 4.98 Å². The highest BCUT2D eigenvalue weighted by Crippen LogP contribution is 2.41. The first-order chi connectivity index (χ1) is 6.24. The van der Waals surface area contributed by atoms with Gasteiger partial charge in [0, 0.05) is 23.0 Å². The van der Waals surface area contributed by atoms with Crippen LogP contribution in [-0.2, 0) is 12.0 Å². The fourth-order valence-electron chi connectivity index (χ4n) is 2.05. The third-order valence-corrected chi connectivity index (χ3v) is 4.30. The van der Waals surface area contributed by atoms with E-state index >= 15 is 0 Å². The summed E-state index contributed by atoms with van der Waals surface area (Å²) in [5.74, 6) is 0. The van der Waals surface area contributed by atoms with Gasteiger partial charge in [-0.05, 0) is 12.8 Å². The zero-order valence-corrected chi connectivity index (χ0v) is 8.86. The van der Waals surface area contributed by atoms with Crippen molar-refractivity contribution < 1.29 is 0 Å². The van der Waals surface area contributed by atoms with Crippen LogP contribution < -0.4 is 5.73 Å². The van der Waals surface area contributed by atoms with Gasteiger partial charge >= 0.3 is 0 Å². The summed E-state index contributed by atoms with van der Waals surface area (Å²) in [5, 5.41) is 1.30. The van der Waals surface area contributed by atoms with E-state index in [4.69, 9.17) is 5.73 Å². The first-order valence-corrected chi connectivity index (χ1v) is 5.71. The normalized spacial score (nSPS) is 20.8. The topological polar surface area (TPSA) is 38.9 Å². The summed E-state index contributed by atoms with van der Waals surface area (Å²) in [4.78, 5) is 5.69. The van der Waals surface area contributed by atoms with Crippen LogP contribution in [0.4, 0.5) is 0 Å². The van der Waals surface area contributed by atoms with Crippen LogP contribution in [0, 0.1) is 0 Å². The molecule has 2 nitrogen and oxygen atoms in total. The molecule has 2 rings (SSSR count). The van der Waals surface area contributed by atoms with Crippen LogP contribution >= 0.6 is 11.3 Å². The maximum atomic E-state index is 5.58. The van der Waals surface area contributed by atoms with Crippen LogP contribution in [0.5, 0.6) is 0 Å². The number of hydrogen-bond acceptors (Lipinski definition) is 3. The second kappa shape index (κ2) is 3.39. The average molecular weight is 196 g/mol. The highest BCUT2D eigenvalue weighted by Gasteiger charge is 2.33. The molecule has 0 atom stereocenters. The van der Waals surface area contributed by atoms with E-state index in [1.807, 2.05) is 6.20 Å². The molecule has 1 fully saturated rings. The molecule has 1 aliphatic carbocycles. The van der Waals surface area contributed by atoms with Crippen molar-refractivity contribution in [2.24, 2.45) is 5.73 Å². The molecule has 0 bridgehead atoms. The van der Waals surface area contributed by atoms with Crippen LogP contribution in [0.3, 0.4) is 0 Å². The summed E-state index contributed by atoms with van der Waals surface area (Å²) in [6.07, 6.45) is 7.24. The monoisotopic (exact) mass is 196 g/mol. The van der Waals surface area contributed by atoms with Gasteiger partial charge in [-0.15, -0.1) is 11.3 Å². The van der Waals surface area contributed by atoms with Crippen molar-refractivity contribution in [3.63, 3.8) is 0 Å². The van der Waals surface area contributed by atoms with Gasteiger partial charge in [0.05, 0.1) is 5.01 Å². The summed E-state index contributed by atoms with van der Waals surface area (Å²) in [7, 11) is 0. The molecule has 1 saturated carbocycles. The Morgan fingerprint density at radius 1 is 1.54 bits per heavy atom. The molecule has 1 aromatic rings. The van der Waals surface area contributed by atoms with Crippen molar-refractivity contribution in [3.05, 3.63) is 16.1 Å². The summed E-state index contributed by atoms with van der Waals surface area (Å²) in [6, 6.07) is 0. The SMILES string of the molecule is CC1(c2ncc(CN)s2)CCCC1. The molecule has 1 heterocycles.